The molecule has 0 saturated heterocycles. The molecule has 0 aliphatic heterocycles. The zero-order valence-electron chi connectivity index (χ0n) is 7.64. The monoisotopic (exact) mass is 153 g/mol. The van der Waals surface area contributed by atoms with Crippen LogP contribution in [0.2, 0.25) is 0 Å². The number of hydrogen-bond acceptors (Lipinski definition) is 1. The van der Waals surface area contributed by atoms with Gasteiger partial charge in [0.25, 0.3) is 0 Å². The molecule has 3 aliphatic rings. The summed E-state index contributed by atoms with van der Waals surface area (Å²) in [7, 11) is 0. The van der Waals surface area contributed by atoms with Crippen LogP contribution in [-0.4, -0.2) is 6.54 Å². The van der Waals surface area contributed by atoms with Crippen LogP contribution in [0, 0.1) is 23.2 Å². The van der Waals surface area contributed by atoms with Gasteiger partial charge in [-0.25, -0.2) is 0 Å². The highest BCUT2D eigenvalue weighted by Gasteiger charge is 2.53. The van der Waals surface area contributed by atoms with Gasteiger partial charge in [0.2, 0.25) is 0 Å². The molecule has 0 amide bonds. The van der Waals surface area contributed by atoms with Gasteiger partial charge in [-0.1, -0.05) is 13.8 Å². The van der Waals surface area contributed by atoms with Crippen molar-refractivity contribution >= 4 is 0 Å². The van der Waals surface area contributed by atoms with Crippen LogP contribution in [0.25, 0.3) is 0 Å². The molecule has 11 heavy (non-hydrogen) atoms. The summed E-state index contributed by atoms with van der Waals surface area (Å²) in [6.45, 7) is 5.77. The van der Waals surface area contributed by atoms with Gasteiger partial charge in [-0.15, -0.1) is 0 Å². The minimum atomic E-state index is 0.627. The largest absolute Gasteiger partial charge is 0.330 e. The average Bonchev–Trinajstić information content (AvgIpc) is 2.04. The second-order valence-corrected chi connectivity index (χ2v) is 4.93. The highest BCUT2D eigenvalue weighted by atomic mass is 14.6. The van der Waals surface area contributed by atoms with Crippen molar-refractivity contribution in [2.75, 3.05) is 6.54 Å². The summed E-state index contributed by atoms with van der Waals surface area (Å²) < 4.78 is 0. The fraction of sp³-hybridized carbons (Fsp3) is 1.00. The first-order valence-corrected chi connectivity index (χ1v) is 4.86. The van der Waals surface area contributed by atoms with Crippen molar-refractivity contribution in [3.05, 3.63) is 0 Å². The van der Waals surface area contributed by atoms with Crippen molar-refractivity contribution in [3.8, 4) is 0 Å². The van der Waals surface area contributed by atoms with Crippen LogP contribution in [0.4, 0.5) is 0 Å². The van der Waals surface area contributed by atoms with Crippen molar-refractivity contribution in [1.29, 1.82) is 0 Å². The first-order chi connectivity index (χ1) is 5.16. The molecule has 0 spiro atoms. The van der Waals surface area contributed by atoms with Gasteiger partial charge in [0.1, 0.15) is 0 Å². The highest BCUT2D eigenvalue weighted by Crippen LogP contribution is 2.60. The van der Waals surface area contributed by atoms with Gasteiger partial charge in [0, 0.05) is 0 Å². The molecule has 0 aromatic heterocycles. The van der Waals surface area contributed by atoms with E-state index in [4.69, 9.17) is 5.73 Å². The maximum absolute atomic E-state index is 5.74. The van der Waals surface area contributed by atoms with Gasteiger partial charge < -0.3 is 5.73 Å². The lowest BCUT2D eigenvalue weighted by molar-refractivity contribution is -0.101. The third kappa shape index (κ3) is 0.868. The fourth-order valence-corrected chi connectivity index (χ4v) is 3.24. The molecule has 3 aliphatic carbocycles. The third-order valence-corrected chi connectivity index (χ3v) is 4.30. The Hall–Kier alpha value is -0.0400. The van der Waals surface area contributed by atoms with E-state index in [-0.39, 0.29) is 0 Å². The lowest BCUT2D eigenvalue weighted by Crippen LogP contribution is -2.53. The molecule has 0 aromatic rings. The van der Waals surface area contributed by atoms with Gasteiger partial charge in [-0.05, 0) is 49.0 Å². The molecule has 1 nitrogen and oxygen atoms in total. The smallest absolute Gasteiger partial charge is 0.00460 e. The Kier molecular flexibility index (Phi) is 1.54. The Morgan fingerprint density at radius 2 is 2.09 bits per heavy atom. The molecular weight excluding hydrogens is 134 g/mol. The lowest BCUT2D eigenvalue weighted by Gasteiger charge is -2.60. The maximum atomic E-state index is 5.74. The van der Waals surface area contributed by atoms with Crippen LogP contribution < -0.4 is 5.73 Å². The molecule has 0 aromatic carbocycles. The quantitative estimate of drug-likeness (QED) is 0.612. The highest BCUT2D eigenvalue weighted by molar-refractivity contribution is 5.03. The molecule has 0 heterocycles. The Balaban J connectivity index is 2.10. The fourth-order valence-electron chi connectivity index (χ4n) is 3.24. The van der Waals surface area contributed by atoms with E-state index in [1.165, 1.54) is 19.3 Å². The Morgan fingerprint density at radius 3 is 2.45 bits per heavy atom. The molecular formula is C10H19N. The van der Waals surface area contributed by atoms with Gasteiger partial charge in [0.05, 0.1) is 0 Å². The van der Waals surface area contributed by atoms with E-state index in [1.54, 1.807) is 0 Å². The van der Waals surface area contributed by atoms with E-state index in [1.807, 2.05) is 0 Å². The zero-order chi connectivity index (χ0) is 8.06. The zero-order valence-corrected chi connectivity index (χ0v) is 7.64. The predicted octanol–water partition coefficient (Wildman–Crippen LogP) is 2.02. The summed E-state index contributed by atoms with van der Waals surface area (Å²) in [6.07, 6.45) is 4.30. The van der Waals surface area contributed by atoms with Gasteiger partial charge in [0.15, 0.2) is 0 Å². The van der Waals surface area contributed by atoms with E-state index < -0.39 is 0 Å². The number of fused-ring (bicyclic) bond motifs is 2. The third-order valence-electron chi connectivity index (χ3n) is 4.30. The van der Waals surface area contributed by atoms with Crippen LogP contribution >= 0.6 is 0 Å². The summed E-state index contributed by atoms with van der Waals surface area (Å²) >= 11 is 0. The molecule has 1 heteroatoms. The summed E-state index contributed by atoms with van der Waals surface area (Å²) in [5, 5.41) is 0. The first kappa shape index (κ1) is 7.60. The number of hydrogen-bond donors (Lipinski definition) is 1. The van der Waals surface area contributed by atoms with Crippen molar-refractivity contribution in [3.63, 3.8) is 0 Å². The van der Waals surface area contributed by atoms with E-state index in [2.05, 4.69) is 13.8 Å². The minimum absolute atomic E-state index is 0.627. The second-order valence-electron chi connectivity index (χ2n) is 4.93. The summed E-state index contributed by atoms with van der Waals surface area (Å²) in [5.74, 6) is 2.82. The van der Waals surface area contributed by atoms with Crippen LogP contribution in [0.15, 0.2) is 0 Å². The lowest BCUT2D eigenvalue weighted by atomic mass is 9.45. The summed E-state index contributed by atoms with van der Waals surface area (Å²) in [4.78, 5) is 0. The van der Waals surface area contributed by atoms with Crippen molar-refractivity contribution in [2.45, 2.75) is 33.1 Å². The van der Waals surface area contributed by atoms with Gasteiger partial charge in [-0.2, -0.15) is 0 Å². The van der Waals surface area contributed by atoms with Crippen molar-refractivity contribution in [1.82, 2.24) is 0 Å². The molecule has 64 valence electrons. The Morgan fingerprint density at radius 1 is 1.36 bits per heavy atom. The molecule has 3 rings (SSSR count). The molecule has 2 bridgehead atoms. The molecule has 0 unspecified atom stereocenters. The second kappa shape index (κ2) is 2.22. The van der Waals surface area contributed by atoms with Gasteiger partial charge >= 0.3 is 0 Å². The van der Waals surface area contributed by atoms with E-state index >= 15 is 0 Å². The SMILES string of the molecule is CC1(C)[C@@H]2CC[C@@H](CN)[C@@H]1C2. The van der Waals surface area contributed by atoms with Crippen LogP contribution in [0.1, 0.15) is 33.1 Å². The van der Waals surface area contributed by atoms with Crippen molar-refractivity contribution < 1.29 is 0 Å². The molecule has 0 radical (unpaired) electrons. The molecule has 3 fully saturated rings. The van der Waals surface area contributed by atoms with Crippen LogP contribution in [0.5, 0.6) is 0 Å². The molecule has 2 N–H and O–H groups in total. The van der Waals surface area contributed by atoms with Crippen molar-refractivity contribution in [2.24, 2.45) is 28.9 Å². The van der Waals surface area contributed by atoms with Crippen LogP contribution in [0.3, 0.4) is 0 Å². The Bertz CT molecular complexity index is 160. The molecule has 3 atom stereocenters. The maximum Gasteiger partial charge on any atom is -0.00460 e. The van der Waals surface area contributed by atoms with E-state index in [0.717, 1.165) is 24.3 Å². The van der Waals surface area contributed by atoms with Crippen LogP contribution in [-0.2, 0) is 0 Å². The topological polar surface area (TPSA) is 26.0 Å². The Labute approximate surface area is 69.4 Å². The standard InChI is InChI=1S/C10H19N/c1-10(2)8-4-3-7(6-11)9(10)5-8/h7-9H,3-6,11H2,1-2H3/t7-,8+,9-/m0/s1. The minimum Gasteiger partial charge on any atom is -0.330 e. The first-order valence-electron chi connectivity index (χ1n) is 4.86. The summed E-state index contributed by atoms with van der Waals surface area (Å²) in [5.41, 5.74) is 6.37. The number of rotatable bonds is 1. The summed E-state index contributed by atoms with van der Waals surface area (Å²) in [6, 6.07) is 0. The number of nitrogens with two attached hydrogens (primary N) is 1. The average molecular weight is 153 g/mol. The van der Waals surface area contributed by atoms with E-state index in [9.17, 15) is 0 Å². The van der Waals surface area contributed by atoms with E-state index in [0.29, 0.717) is 5.41 Å². The normalized spacial score (nSPS) is 46.6. The predicted molar refractivity (Wildman–Crippen MR) is 47.2 cm³/mol. The van der Waals surface area contributed by atoms with Gasteiger partial charge in [-0.3, -0.25) is 0 Å². The molecule has 3 saturated carbocycles.